The van der Waals surface area contributed by atoms with Crippen LogP contribution in [0.1, 0.15) is 58.8 Å². The summed E-state index contributed by atoms with van der Waals surface area (Å²) in [5, 5.41) is 2.44. The van der Waals surface area contributed by atoms with Crippen molar-refractivity contribution >= 4 is 17.8 Å². The van der Waals surface area contributed by atoms with Crippen molar-refractivity contribution in [2.24, 2.45) is 17.3 Å². The highest BCUT2D eigenvalue weighted by atomic mass is 16.2. The molecule has 2 aliphatic carbocycles. The van der Waals surface area contributed by atoms with E-state index in [1.807, 2.05) is 0 Å². The first-order chi connectivity index (χ1) is 9.97. The van der Waals surface area contributed by atoms with E-state index in [9.17, 15) is 14.4 Å². The normalized spacial score (nSPS) is 32.3. The molecule has 3 fully saturated rings. The molecule has 5 nitrogen and oxygen atoms in total. The van der Waals surface area contributed by atoms with Gasteiger partial charge in [-0.25, -0.2) is 4.79 Å². The minimum Gasteiger partial charge on any atom is -0.277 e. The predicted molar refractivity (Wildman–Crippen MR) is 77.3 cm³/mol. The first-order valence-corrected chi connectivity index (χ1v) is 8.16. The van der Waals surface area contributed by atoms with E-state index < -0.39 is 11.4 Å². The van der Waals surface area contributed by atoms with E-state index in [-0.39, 0.29) is 17.9 Å². The van der Waals surface area contributed by atoms with Gasteiger partial charge in [-0.15, -0.1) is 0 Å². The Balaban J connectivity index is 1.90. The van der Waals surface area contributed by atoms with Gasteiger partial charge in [0.2, 0.25) is 11.8 Å². The molecule has 2 atom stereocenters. The monoisotopic (exact) mass is 292 g/mol. The summed E-state index contributed by atoms with van der Waals surface area (Å²) in [6.45, 7) is 4.30. The largest absolute Gasteiger partial charge is 0.331 e. The first-order valence-electron chi connectivity index (χ1n) is 8.16. The molecule has 1 N–H and O–H groups in total. The summed E-state index contributed by atoms with van der Waals surface area (Å²) in [5.74, 6) is 0.168. The molecule has 21 heavy (non-hydrogen) atoms. The molecule has 2 saturated carbocycles. The summed E-state index contributed by atoms with van der Waals surface area (Å²) in [4.78, 5) is 38.6. The Bertz CT molecular complexity index is 482. The lowest BCUT2D eigenvalue weighted by atomic mass is 9.65. The predicted octanol–water partition coefficient (Wildman–Crippen LogP) is 2.45. The van der Waals surface area contributed by atoms with Crippen molar-refractivity contribution in [1.82, 2.24) is 10.2 Å². The summed E-state index contributed by atoms with van der Waals surface area (Å²) in [6.07, 6.45) is 6.19. The molecule has 1 saturated heterocycles. The molecular formula is C16H24N2O3. The maximum Gasteiger partial charge on any atom is 0.331 e. The Morgan fingerprint density at radius 1 is 1.10 bits per heavy atom. The zero-order valence-electron chi connectivity index (χ0n) is 12.9. The molecule has 5 heteroatoms. The van der Waals surface area contributed by atoms with Gasteiger partial charge in [-0.1, -0.05) is 33.1 Å². The maximum absolute atomic E-state index is 12.9. The van der Waals surface area contributed by atoms with Crippen molar-refractivity contribution in [3.63, 3.8) is 0 Å². The third-order valence-electron chi connectivity index (χ3n) is 5.68. The molecular weight excluding hydrogens is 268 g/mol. The number of nitrogens with zero attached hydrogens (tertiary/aromatic N) is 1. The lowest BCUT2D eigenvalue weighted by Crippen LogP contribution is -2.69. The topological polar surface area (TPSA) is 66.5 Å². The van der Waals surface area contributed by atoms with Gasteiger partial charge in [-0.05, 0) is 37.5 Å². The summed E-state index contributed by atoms with van der Waals surface area (Å²) in [7, 11) is 0. The molecule has 3 aliphatic rings. The minimum atomic E-state index is -0.938. The lowest BCUT2D eigenvalue weighted by Gasteiger charge is -2.49. The third-order valence-corrected chi connectivity index (χ3v) is 5.68. The van der Waals surface area contributed by atoms with Crippen LogP contribution >= 0.6 is 0 Å². The van der Waals surface area contributed by atoms with Gasteiger partial charge in [0.15, 0.2) is 0 Å². The van der Waals surface area contributed by atoms with Crippen molar-refractivity contribution in [3.8, 4) is 0 Å². The average molecular weight is 292 g/mol. The summed E-state index contributed by atoms with van der Waals surface area (Å²) >= 11 is 0. The second kappa shape index (κ2) is 5.11. The summed E-state index contributed by atoms with van der Waals surface area (Å²) < 4.78 is 0. The van der Waals surface area contributed by atoms with Crippen molar-refractivity contribution in [2.75, 3.05) is 0 Å². The average Bonchev–Trinajstić information content (AvgIpc) is 2.37. The van der Waals surface area contributed by atoms with Crippen LogP contribution in [-0.4, -0.2) is 28.8 Å². The van der Waals surface area contributed by atoms with Gasteiger partial charge in [0.05, 0.1) is 0 Å². The zero-order chi connectivity index (χ0) is 15.2. The van der Waals surface area contributed by atoms with Gasteiger partial charge in [-0.3, -0.25) is 19.8 Å². The molecule has 0 aromatic rings. The van der Waals surface area contributed by atoms with E-state index in [4.69, 9.17) is 0 Å². The fourth-order valence-electron chi connectivity index (χ4n) is 4.21. The van der Waals surface area contributed by atoms with Crippen LogP contribution in [0.2, 0.25) is 0 Å². The van der Waals surface area contributed by atoms with E-state index in [0.717, 1.165) is 32.1 Å². The number of hydrogen-bond acceptors (Lipinski definition) is 3. The van der Waals surface area contributed by atoms with E-state index in [1.165, 1.54) is 4.90 Å². The molecule has 3 rings (SSSR count). The minimum absolute atomic E-state index is 0.0446. The van der Waals surface area contributed by atoms with Crippen LogP contribution in [0.25, 0.3) is 0 Å². The quantitative estimate of drug-likeness (QED) is 0.795. The van der Waals surface area contributed by atoms with Crippen LogP contribution in [-0.2, 0) is 9.59 Å². The molecule has 1 spiro atoms. The van der Waals surface area contributed by atoms with Crippen molar-refractivity contribution < 1.29 is 14.4 Å². The van der Waals surface area contributed by atoms with Gasteiger partial charge in [0.1, 0.15) is 5.41 Å². The Morgan fingerprint density at radius 3 is 2.33 bits per heavy atom. The highest BCUT2D eigenvalue weighted by molar-refractivity contribution is 6.19. The summed E-state index contributed by atoms with van der Waals surface area (Å²) in [6, 6.07) is -0.545. The molecule has 0 radical (unpaired) electrons. The maximum atomic E-state index is 12.9. The van der Waals surface area contributed by atoms with Gasteiger partial charge in [-0.2, -0.15) is 0 Å². The molecule has 0 bridgehead atoms. The smallest absolute Gasteiger partial charge is 0.277 e. The number of imide groups is 2. The SMILES string of the molecule is CC(C)C1CCCCC1N1C(=O)NC(=O)C2(CCC2)C1=O. The molecule has 0 aromatic carbocycles. The van der Waals surface area contributed by atoms with Crippen LogP contribution in [0.15, 0.2) is 0 Å². The highest BCUT2D eigenvalue weighted by Gasteiger charge is 2.59. The highest BCUT2D eigenvalue weighted by Crippen LogP contribution is 2.46. The van der Waals surface area contributed by atoms with Gasteiger partial charge < -0.3 is 0 Å². The second-order valence-electron chi connectivity index (χ2n) is 7.13. The first kappa shape index (κ1) is 14.5. The number of hydrogen-bond donors (Lipinski definition) is 1. The fraction of sp³-hybridized carbons (Fsp3) is 0.812. The number of urea groups is 1. The van der Waals surface area contributed by atoms with E-state index in [2.05, 4.69) is 19.2 Å². The Morgan fingerprint density at radius 2 is 1.76 bits per heavy atom. The summed E-state index contributed by atoms with van der Waals surface area (Å²) in [5.41, 5.74) is -0.938. The van der Waals surface area contributed by atoms with Crippen LogP contribution in [0, 0.1) is 17.3 Å². The number of carbonyl (C=O) groups excluding carboxylic acids is 3. The van der Waals surface area contributed by atoms with Crippen LogP contribution in [0.3, 0.4) is 0 Å². The number of barbiturate groups is 1. The molecule has 1 aliphatic heterocycles. The third kappa shape index (κ3) is 2.09. The van der Waals surface area contributed by atoms with Crippen LogP contribution in [0.5, 0.6) is 0 Å². The van der Waals surface area contributed by atoms with E-state index in [0.29, 0.717) is 24.7 Å². The van der Waals surface area contributed by atoms with Crippen molar-refractivity contribution in [1.29, 1.82) is 0 Å². The van der Waals surface area contributed by atoms with Gasteiger partial charge >= 0.3 is 6.03 Å². The Kier molecular flexibility index (Phi) is 3.54. The number of carbonyl (C=O) groups is 3. The van der Waals surface area contributed by atoms with Gasteiger partial charge in [0.25, 0.3) is 0 Å². The molecule has 116 valence electrons. The number of amides is 4. The van der Waals surface area contributed by atoms with Crippen LogP contribution < -0.4 is 5.32 Å². The molecule has 1 heterocycles. The van der Waals surface area contributed by atoms with E-state index >= 15 is 0 Å². The molecule has 0 aromatic heterocycles. The number of nitrogens with one attached hydrogen (secondary N) is 1. The zero-order valence-corrected chi connectivity index (χ0v) is 12.9. The van der Waals surface area contributed by atoms with Crippen molar-refractivity contribution in [3.05, 3.63) is 0 Å². The standard InChI is InChI=1S/C16H24N2O3/c1-10(2)11-6-3-4-7-12(11)18-14(20)16(8-5-9-16)13(19)17-15(18)21/h10-12H,3-9H2,1-2H3,(H,17,19,21). The van der Waals surface area contributed by atoms with E-state index in [1.54, 1.807) is 0 Å². The molecule has 4 amide bonds. The van der Waals surface area contributed by atoms with Crippen molar-refractivity contribution in [2.45, 2.75) is 64.8 Å². The lowest BCUT2D eigenvalue weighted by molar-refractivity contribution is -0.160. The fourth-order valence-corrected chi connectivity index (χ4v) is 4.21. The van der Waals surface area contributed by atoms with Gasteiger partial charge in [0, 0.05) is 6.04 Å². The molecule has 2 unspecified atom stereocenters. The van der Waals surface area contributed by atoms with Crippen LogP contribution in [0.4, 0.5) is 4.79 Å². The number of rotatable bonds is 2. The Labute approximate surface area is 125 Å². The second-order valence-corrected chi connectivity index (χ2v) is 7.13. The Hall–Kier alpha value is -1.39.